The van der Waals surface area contributed by atoms with Crippen molar-refractivity contribution in [3.8, 4) is 0 Å². The van der Waals surface area contributed by atoms with Gasteiger partial charge in [0.2, 0.25) is 5.56 Å². The Labute approximate surface area is 66.5 Å². The minimum atomic E-state index is 0.0763. The van der Waals surface area contributed by atoms with Crippen molar-refractivity contribution in [2.45, 2.75) is 20.3 Å². The van der Waals surface area contributed by atoms with Crippen molar-refractivity contribution in [2.75, 3.05) is 0 Å². The summed E-state index contributed by atoms with van der Waals surface area (Å²) in [5.74, 6) is 0. The Balaban J connectivity index is 3.41. The first-order valence-electron chi connectivity index (χ1n) is 3.82. The Hall–Kier alpha value is -1.05. The van der Waals surface area contributed by atoms with Gasteiger partial charge in [-0.25, -0.2) is 0 Å². The first kappa shape index (κ1) is 8.05. The Morgan fingerprint density at radius 2 is 2.09 bits per heavy atom. The first-order valence-corrected chi connectivity index (χ1v) is 3.82. The maximum Gasteiger partial charge on any atom is 0.250 e. The van der Waals surface area contributed by atoms with Gasteiger partial charge in [0.05, 0.1) is 0 Å². The van der Waals surface area contributed by atoms with Gasteiger partial charge in [-0.2, -0.15) is 0 Å². The van der Waals surface area contributed by atoms with Gasteiger partial charge in [0.15, 0.2) is 0 Å². The van der Waals surface area contributed by atoms with Crippen LogP contribution in [0.15, 0.2) is 16.9 Å². The molecule has 1 rings (SSSR count). The van der Waals surface area contributed by atoms with Crippen molar-refractivity contribution in [1.82, 2.24) is 4.57 Å². The second-order valence-corrected chi connectivity index (χ2v) is 2.71. The highest BCUT2D eigenvalue weighted by atomic mass is 16.1. The second kappa shape index (κ2) is 2.91. The monoisotopic (exact) mass is 151 g/mol. The fourth-order valence-electron chi connectivity index (χ4n) is 1.32. The number of pyridine rings is 1. The third kappa shape index (κ3) is 1.34. The van der Waals surface area contributed by atoms with Crippen LogP contribution in [0, 0.1) is 6.92 Å². The predicted molar refractivity (Wildman–Crippen MR) is 45.8 cm³/mol. The summed E-state index contributed by atoms with van der Waals surface area (Å²) in [5.41, 5.74) is 2.39. The lowest BCUT2D eigenvalue weighted by Gasteiger charge is -2.07. The topological polar surface area (TPSA) is 22.0 Å². The maximum atomic E-state index is 11.1. The standard InChI is InChI=1S/C9H13NO/c1-4-8-7(2)5-6-9(11)10(8)3/h5-6H,4H2,1-3H3. The third-order valence-electron chi connectivity index (χ3n) is 2.00. The van der Waals surface area contributed by atoms with Crippen molar-refractivity contribution >= 4 is 0 Å². The van der Waals surface area contributed by atoms with E-state index in [1.165, 1.54) is 5.56 Å². The molecule has 0 aliphatic carbocycles. The SMILES string of the molecule is CCc1c(C)ccc(=O)n1C. The summed E-state index contributed by atoms with van der Waals surface area (Å²) in [6, 6.07) is 3.48. The minimum Gasteiger partial charge on any atom is -0.315 e. The largest absolute Gasteiger partial charge is 0.315 e. The van der Waals surface area contributed by atoms with Crippen LogP contribution in [0.3, 0.4) is 0 Å². The second-order valence-electron chi connectivity index (χ2n) is 2.71. The van der Waals surface area contributed by atoms with E-state index in [1.807, 2.05) is 20.0 Å². The van der Waals surface area contributed by atoms with E-state index in [4.69, 9.17) is 0 Å². The van der Waals surface area contributed by atoms with E-state index in [1.54, 1.807) is 10.6 Å². The lowest BCUT2D eigenvalue weighted by molar-refractivity contribution is 0.772. The molecule has 0 unspecified atom stereocenters. The molecule has 0 N–H and O–H groups in total. The van der Waals surface area contributed by atoms with E-state index in [0.29, 0.717) is 0 Å². The lowest BCUT2D eigenvalue weighted by atomic mass is 10.2. The van der Waals surface area contributed by atoms with E-state index >= 15 is 0 Å². The van der Waals surface area contributed by atoms with E-state index in [2.05, 4.69) is 6.92 Å². The van der Waals surface area contributed by atoms with Crippen LogP contribution in [-0.4, -0.2) is 4.57 Å². The number of hydrogen-bond acceptors (Lipinski definition) is 1. The molecule has 1 aromatic rings. The summed E-state index contributed by atoms with van der Waals surface area (Å²) in [6.07, 6.45) is 0.915. The zero-order valence-electron chi connectivity index (χ0n) is 7.22. The molecule has 1 heterocycles. The molecule has 0 aliphatic heterocycles. The van der Waals surface area contributed by atoms with Crippen LogP contribution >= 0.6 is 0 Å². The molecule has 0 bridgehead atoms. The Morgan fingerprint density at radius 1 is 1.45 bits per heavy atom. The van der Waals surface area contributed by atoms with Gasteiger partial charge >= 0.3 is 0 Å². The fourth-order valence-corrected chi connectivity index (χ4v) is 1.32. The van der Waals surface area contributed by atoms with E-state index in [9.17, 15) is 4.79 Å². The van der Waals surface area contributed by atoms with Gasteiger partial charge in [-0.1, -0.05) is 13.0 Å². The quantitative estimate of drug-likeness (QED) is 0.592. The highest BCUT2D eigenvalue weighted by Crippen LogP contribution is 2.03. The number of aromatic nitrogens is 1. The summed E-state index contributed by atoms with van der Waals surface area (Å²) in [6.45, 7) is 4.08. The molecule has 1 aromatic heterocycles. The summed E-state index contributed by atoms with van der Waals surface area (Å²) in [5, 5.41) is 0. The number of rotatable bonds is 1. The van der Waals surface area contributed by atoms with Crippen molar-refractivity contribution in [3.05, 3.63) is 33.7 Å². The fraction of sp³-hybridized carbons (Fsp3) is 0.444. The molecule has 0 saturated heterocycles. The molecule has 0 radical (unpaired) electrons. The summed E-state index contributed by atoms with van der Waals surface area (Å²) < 4.78 is 1.70. The van der Waals surface area contributed by atoms with Crippen LogP contribution in [0.5, 0.6) is 0 Å². The molecule has 2 nitrogen and oxygen atoms in total. The van der Waals surface area contributed by atoms with Gasteiger partial charge in [-0.3, -0.25) is 4.79 Å². The van der Waals surface area contributed by atoms with Crippen LogP contribution in [0.1, 0.15) is 18.2 Å². The van der Waals surface area contributed by atoms with E-state index in [-0.39, 0.29) is 5.56 Å². The minimum absolute atomic E-state index is 0.0763. The Kier molecular flexibility index (Phi) is 2.13. The van der Waals surface area contributed by atoms with E-state index in [0.717, 1.165) is 12.1 Å². The summed E-state index contributed by atoms with van der Waals surface area (Å²) in [7, 11) is 1.81. The number of aryl methyl sites for hydroxylation is 1. The zero-order valence-corrected chi connectivity index (χ0v) is 7.22. The average Bonchev–Trinajstić information content (AvgIpc) is 1.99. The van der Waals surface area contributed by atoms with Crippen LogP contribution in [0.25, 0.3) is 0 Å². The molecule has 60 valence electrons. The summed E-state index contributed by atoms with van der Waals surface area (Å²) >= 11 is 0. The van der Waals surface area contributed by atoms with Crippen LogP contribution in [0.2, 0.25) is 0 Å². The van der Waals surface area contributed by atoms with Crippen LogP contribution in [0.4, 0.5) is 0 Å². The lowest BCUT2D eigenvalue weighted by Crippen LogP contribution is -2.19. The number of nitrogens with zero attached hydrogens (tertiary/aromatic N) is 1. The van der Waals surface area contributed by atoms with Gasteiger partial charge in [-0.15, -0.1) is 0 Å². The van der Waals surface area contributed by atoms with Crippen LogP contribution in [-0.2, 0) is 13.5 Å². The Bertz CT molecular complexity index is 312. The smallest absolute Gasteiger partial charge is 0.250 e. The highest BCUT2D eigenvalue weighted by molar-refractivity contribution is 5.18. The molecule has 0 atom stereocenters. The first-order chi connectivity index (χ1) is 5.16. The molecule has 0 aliphatic rings. The van der Waals surface area contributed by atoms with Gasteiger partial charge in [0.1, 0.15) is 0 Å². The third-order valence-corrected chi connectivity index (χ3v) is 2.00. The van der Waals surface area contributed by atoms with Gasteiger partial charge in [-0.05, 0) is 18.9 Å². The van der Waals surface area contributed by atoms with Crippen LogP contribution < -0.4 is 5.56 Å². The molecule has 2 heteroatoms. The van der Waals surface area contributed by atoms with Crippen molar-refractivity contribution in [3.63, 3.8) is 0 Å². The molecule has 0 aromatic carbocycles. The molecular formula is C9H13NO. The van der Waals surface area contributed by atoms with Crippen molar-refractivity contribution in [1.29, 1.82) is 0 Å². The molecule has 0 fully saturated rings. The molecule has 11 heavy (non-hydrogen) atoms. The van der Waals surface area contributed by atoms with Gasteiger partial charge < -0.3 is 4.57 Å². The van der Waals surface area contributed by atoms with Gasteiger partial charge in [0, 0.05) is 18.8 Å². The van der Waals surface area contributed by atoms with E-state index < -0.39 is 0 Å². The molecule has 0 spiro atoms. The summed E-state index contributed by atoms with van der Waals surface area (Å²) in [4.78, 5) is 11.1. The number of hydrogen-bond donors (Lipinski definition) is 0. The zero-order chi connectivity index (χ0) is 8.43. The normalized spacial score (nSPS) is 10.1. The molecular weight excluding hydrogens is 138 g/mol. The molecule has 0 amide bonds. The predicted octanol–water partition coefficient (Wildman–Crippen LogP) is 1.26. The Morgan fingerprint density at radius 3 is 2.55 bits per heavy atom. The maximum absolute atomic E-state index is 11.1. The molecule has 0 saturated carbocycles. The van der Waals surface area contributed by atoms with Gasteiger partial charge in [0.25, 0.3) is 0 Å². The average molecular weight is 151 g/mol. The van der Waals surface area contributed by atoms with Crippen molar-refractivity contribution in [2.24, 2.45) is 7.05 Å². The highest BCUT2D eigenvalue weighted by Gasteiger charge is 1.99. The van der Waals surface area contributed by atoms with Crippen molar-refractivity contribution < 1.29 is 0 Å².